The normalized spacial score (nSPS) is 20.3. The molecule has 1 aromatic carbocycles. The number of hydrogen-bond acceptors (Lipinski definition) is 1. The summed E-state index contributed by atoms with van der Waals surface area (Å²) < 4.78 is 0. The number of allylic oxidation sites excluding steroid dienone is 4. The Hall–Kier alpha value is -1.50. The number of anilines is 1. The second kappa shape index (κ2) is 4.06. The van der Waals surface area contributed by atoms with E-state index in [2.05, 4.69) is 76.1 Å². The summed E-state index contributed by atoms with van der Waals surface area (Å²) in [6.07, 6.45) is 6.41. The summed E-state index contributed by atoms with van der Waals surface area (Å²) in [5, 5.41) is 0. The fourth-order valence-corrected chi connectivity index (χ4v) is 2.64. The predicted molar refractivity (Wildman–Crippen MR) is 75.5 cm³/mol. The number of rotatable bonds is 1. The van der Waals surface area contributed by atoms with Crippen LogP contribution in [0.5, 0.6) is 0 Å². The zero-order valence-corrected chi connectivity index (χ0v) is 11.4. The van der Waals surface area contributed by atoms with Crippen LogP contribution < -0.4 is 4.90 Å². The van der Waals surface area contributed by atoms with Gasteiger partial charge in [-0.05, 0) is 31.6 Å². The van der Waals surface area contributed by atoms with Gasteiger partial charge in [0.2, 0.25) is 0 Å². The maximum atomic E-state index is 2.31. The van der Waals surface area contributed by atoms with E-state index in [0.717, 1.165) is 0 Å². The number of fused-ring (bicyclic) bond motifs is 1. The first-order valence-electron chi connectivity index (χ1n) is 6.17. The minimum absolute atomic E-state index is 0.0929. The molecule has 0 bridgehead atoms. The van der Waals surface area contributed by atoms with E-state index in [1.165, 1.54) is 22.5 Å². The lowest BCUT2D eigenvalue weighted by Crippen LogP contribution is -2.22. The van der Waals surface area contributed by atoms with Crippen molar-refractivity contribution in [1.82, 2.24) is 0 Å². The monoisotopic (exact) mass is 227 g/mol. The quantitative estimate of drug-likeness (QED) is 0.695. The van der Waals surface area contributed by atoms with Crippen molar-refractivity contribution in [3.63, 3.8) is 0 Å². The van der Waals surface area contributed by atoms with Crippen LogP contribution in [0.4, 0.5) is 5.69 Å². The van der Waals surface area contributed by atoms with E-state index < -0.39 is 0 Å². The Bertz CT molecular complexity index is 492. The van der Waals surface area contributed by atoms with Gasteiger partial charge >= 0.3 is 0 Å². The van der Waals surface area contributed by atoms with Crippen LogP contribution in [0.3, 0.4) is 0 Å². The van der Waals surface area contributed by atoms with Crippen molar-refractivity contribution < 1.29 is 0 Å². The first-order valence-corrected chi connectivity index (χ1v) is 6.17. The SMILES string of the molecule is C/C=C/C=C1/N(C)c2ccc(C)cc2C1(C)C. The van der Waals surface area contributed by atoms with Crippen molar-refractivity contribution in [2.24, 2.45) is 0 Å². The van der Waals surface area contributed by atoms with E-state index in [1.54, 1.807) is 0 Å². The van der Waals surface area contributed by atoms with Crippen LogP contribution in [0.25, 0.3) is 0 Å². The minimum atomic E-state index is 0.0929. The van der Waals surface area contributed by atoms with Crippen molar-refractivity contribution in [1.29, 1.82) is 0 Å². The molecule has 90 valence electrons. The summed E-state index contributed by atoms with van der Waals surface area (Å²) in [5.41, 5.74) is 5.54. The van der Waals surface area contributed by atoms with E-state index in [9.17, 15) is 0 Å². The van der Waals surface area contributed by atoms with Gasteiger partial charge in [-0.15, -0.1) is 0 Å². The highest BCUT2D eigenvalue weighted by Gasteiger charge is 2.37. The molecule has 0 spiro atoms. The van der Waals surface area contributed by atoms with Gasteiger partial charge in [-0.3, -0.25) is 0 Å². The van der Waals surface area contributed by atoms with Crippen LogP contribution in [0.15, 0.2) is 42.1 Å². The topological polar surface area (TPSA) is 3.24 Å². The van der Waals surface area contributed by atoms with Crippen molar-refractivity contribution in [2.75, 3.05) is 11.9 Å². The van der Waals surface area contributed by atoms with Gasteiger partial charge in [-0.2, -0.15) is 0 Å². The van der Waals surface area contributed by atoms with E-state index in [-0.39, 0.29) is 5.41 Å². The number of hydrogen-bond donors (Lipinski definition) is 0. The van der Waals surface area contributed by atoms with Crippen molar-refractivity contribution >= 4 is 5.69 Å². The molecule has 0 atom stereocenters. The Morgan fingerprint density at radius 3 is 2.59 bits per heavy atom. The Balaban J connectivity index is 2.60. The Kier molecular flexibility index (Phi) is 2.86. The summed E-state index contributed by atoms with van der Waals surface area (Å²) in [6.45, 7) is 8.80. The van der Waals surface area contributed by atoms with Gasteiger partial charge in [0.05, 0.1) is 0 Å². The third kappa shape index (κ3) is 1.80. The average molecular weight is 227 g/mol. The number of benzene rings is 1. The molecule has 0 amide bonds. The van der Waals surface area contributed by atoms with Gasteiger partial charge in [0.25, 0.3) is 0 Å². The third-order valence-corrected chi connectivity index (χ3v) is 3.64. The predicted octanol–water partition coefficient (Wildman–Crippen LogP) is 4.18. The second-order valence-corrected chi connectivity index (χ2v) is 5.28. The largest absolute Gasteiger partial charge is 0.347 e. The molecular formula is C16H21N. The highest BCUT2D eigenvalue weighted by Crippen LogP contribution is 2.46. The van der Waals surface area contributed by atoms with Gasteiger partial charge in [0, 0.05) is 23.8 Å². The molecule has 0 unspecified atom stereocenters. The van der Waals surface area contributed by atoms with E-state index in [0.29, 0.717) is 0 Å². The fourth-order valence-electron chi connectivity index (χ4n) is 2.64. The molecule has 2 rings (SSSR count). The Morgan fingerprint density at radius 2 is 1.94 bits per heavy atom. The summed E-state index contributed by atoms with van der Waals surface area (Å²) in [6, 6.07) is 6.72. The molecule has 0 aliphatic carbocycles. The summed E-state index contributed by atoms with van der Waals surface area (Å²) in [5.74, 6) is 0. The first kappa shape index (κ1) is 12.0. The van der Waals surface area contributed by atoms with Gasteiger partial charge < -0.3 is 4.90 Å². The van der Waals surface area contributed by atoms with Crippen molar-refractivity contribution in [2.45, 2.75) is 33.1 Å². The lowest BCUT2D eigenvalue weighted by Gasteiger charge is -2.23. The van der Waals surface area contributed by atoms with Crippen LogP contribution in [0.1, 0.15) is 31.9 Å². The average Bonchev–Trinajstić information content (AvgIpc) is 2.45. The Labute approximate surface area is 104 Å². The lowest BCUT2D eigenvalue weighted by atomic mass is 9.83. The highest BCUT2D eigenvalue weighted by molar-refractivity contribution is 5.70. The standard InChI is InChI=1S/C16H21N/c1-6-7-8-15-16(3,4)13-11-12(2)9-10-14(13)17(15)5/h6-11H,1-5H3/b7-6+,15-8+. The zero-order chi connectivity index (χ0) is 12.6. The molecule has 0 fully saturated rings. The number of aryl methyl sites for hydroxylation is 1. The Morgan fingerprint density at radius 1 is 1.24 bits per heavy atom. The summed E-state index contributed by atoms with van der Waals surface area (Å²) in [4.78, 5) is 2.30. The molecule has 1 aliphatic rings. The van der Waals surface area contributed by atoms with Crippen LogP contribution in [0, 0.1) is 6.92 Å². The molecule has 1 heteroatoms. The summed E-state index contributed by atoms with van der Waals surface area (Å²) >= 11 is 0. The maximum Gasteiger partial charge on any atom is 0.0448 e. The van der Waals surface area contributed by atoms with E-state index in [4.69, 9.17) is 0 Å². The van der Waals surface area contributed by atoms with Gasteiger partial charge in [-0.1, -0.05) is 43.7 Å². The van der Waals surface area contributed by atoms with Crippen molar-refractivity contribution in [3.05, 3.63) is 53.3 Å². The van der Waals surface area contributed by atoms with Crippen LogP contribution >= 0.6 is 0 Å². The second-order valence-electron chi connectivity index (χ2n) is 5.28. The van der Waals surface area contributed by atoms with Crippen LogP contribution in [0.2, 0.25) is 0 Å². The molecule has 0 saturated heterocycles. The number of likely N-dealkylation sites (N-methyl/N-ethyl adjacent to an activating group) is 1. The molecular weight excluding hydrogens is 206 g/mol. The number of nitrogens with zero attached hydrogens (tertiary/aromatic N) is 1. The molecule has 0 radical (unpaired) electrons. The molecule has 0 saturated carbocycles. The molecule has 1 nitrogen and oxygen atoms in total. The van der Waals surface area contributed by atoms with E-state index in [1.807, 2.05) is 0 Å². The van der Waals surface area contributed by atoms with Gasteiger partial charge in [0.15, 0.2) is 0 Å². The zero-order valence-electron chi connectivity index (χ0n) is 11.4. The minimum Gasteiger partial charge on any atom is -0.347 e. The van der Waals surface area contributed by atoms with E-state index >= 15 is 0 Å². The first-order chi connectivity index (χ1) is 7.98. The molecule has 1 aliphatic heterocycles. The highest BCUT2D eigenvalue weighted by atomic mass is 15.2. The van der Waals surface area contributed by atoms with Crippen LogP contribution in [-0.4, -0.2) is 7.05 Å². The summed E-state index contributed by atoms with van der Waals surface area (Å²) in [7, 11) is 2.15. The van der Waals surface area contributed by atoms with Gasteiger partial charge in [-0.25, -0.2) is 0 Å². The molecule has 1 aromatic rings. The maximum absolute atomic E-state index is 2.31. The fraction of sp³-hybridized carbons (Fsp3) is 0.375. The van der Waals surface area contributed by atoms with Gasteiger partial charge in [0.1, 0.15) is 0 Å². The molecule has 0 aromatic heterocycles. The molecule has 1 heterocycles. The lowest BCUT2D eigenvalue weighted by molar-refractivity contribution is 0.640. The molecule has 0 N–H and O–H groups in total. The third-order valence-electron chi connectivity index (χ3n) is 3.64. The van der Waals surface area contributed by atoms with Crippen molar-refractivity contribution in [3.8, 4) is 0 Å². The smallest absolute Gasteiger partial charge is 0.0448 e. The molecule has 17 heavy (non-hydrogen) atoms. The van der Waals surface area contributed by atoms with Crippen LogP contribution in [-0.2, 0) is 5.41 Å².